The molecule has 1 amide bonds. The Balaban J connectivity index is 2.46. The van der Waals surface area contributed by atoms with Crippen molar-refractivity contribution in [2.75, 3.05) is 7.05 Å². The zero-order valence-corrected chi connectivity index (χ0v) is 11.5. The molecule has 1 rings (SSSR count). The van der Waals surface area contributed by atoms with Crippen LogP contribution in [0.2, 0.25) is 0 Å². The van der Waals surface area contributed by atoms with Gasteiger partial charge in [0.1, 0.15) is 5.60 Å². The zero-order chi connectivity index (χ0) is 13.1. The summed E-state index contributed by atoms with van der Waals surface area (Å²) in [5, 5.41) is 0. The van der Waals surface area contributed by atoms with Crippen LogP contribution in [0.4, 0.5) is 4.79 Å². The summed E-state index contributed by atoms with van der Waals surface area (Å²) >= 11 is 0. The molecule has 0 unspecified atom stereocenters. The number of nitrogens with two attached hydrogens (primary N) is 1. The molecule has 1 aliphatic rings. The third kappa shape index (κ3) is 4.19. The molecule has 0 heterocycles. The van der Waals surface area contributed by atoms with Crippen LogP contribution >= 0.6 is 0 Å². The number of carbonyl (C=O) groups is 1. The first-order valence-corrected chi connectivity index (χ1v) is 6.57. The van der Waals surface area contributed by atoms with Gasteiger partial charge >= 0.3 is 6.09 Å². The van der Waals surface area contributed by atoms with E-state index in [1.165, 1.54) is 0 Å². The van der Waals surface area contributed by atoms with Crippen LogP contribution in [0.3, 0.4) is 0 Å². The van der Waals surface area contributed by atoms with E-state index in [4.69, 9.17) is 10.5 Å². The summed E-state index contributed by atoms with van der Waals surface area (Å²) in [5.41, 5.74) is 5.48. The maximum absolute atomic E-state index is 12.0. The van der Waals surface area contributed by atoms with E-state index >= 15 is 0 Å². The molecule has 0 radical (unpaired) electrons. The van der Waals surface area contributed by atoms with E-state index in [9.17, 15) is 4.79 Å². The Bertz CT molecular complexity index is 258. The summed E-state index contributed by atoms with van der Waals surface area (Å²) in [7, 11) is 1.83. The number of nitrogens with zero attached hydrogens (tertiary/aromatic N) is 1. The number of ether oxygens (including phenoxy) is 1. The average Bonchev–Trinajstić information content (AvgIpc) is 2.28. The summed E-state index contributed by atoms with van der Waals surface area (Å²) in [5.74, 6) is 0. The van der Waals surface area contributed by atoms with Gasteiger partial charge in [-0.15, -0.1) is 0 Å². The minimum Gasteiger partial charge on any atom is -0.443 e. The van der Waals surface area contributed by atoms with Crippen molar-refractivity contribution in [3.05, 3.63) is 0 Å². The number of rotatable bonds is 3. The van der Waals surface area contributed by atoms with Crippen LogP contribution in [0, 0.1) is 0 Å². The molecule has 0 atom stereocenters. The SMILES string of the molecule is CCC(C)(C)OC(=O)N(C)C1CCC(N)CC1. The van der Waals surface area contributed by atoms with Crippen molar-refractivity contribution in [2.24, 2.45) is 5.73 Å². The summed E-state index contributed by atoms with van der Waals surface area (Å²) in [6.45, 7) is 5.90. The summed E-state index contributed by atoms with van der Waals surface area (Å²) < 4.78 is 5.48. The maximum atomic E-state index is 12.0. The molecule has 4 heteroatoms. The molecule has 0 saturated heterocycles. The largest absolute Gasteiger partial charge is 0.443 e. The van der Waals surface area contributed by atoms with Gasteiger partial charge in [0.2, 0.25) is 0 Å². The molecule has 4 nitrogen and oxygen atoms in total. The Morgan fingerprint density at radius 3 is 2.35 bits per heavy atom. The van der Waals surface area contributed by atoms with Gasteiger partial charge in [-0.1, -0.05) is 6.92 Å². The van der Waals surface area contributed by atoms with E-state index in [0.29, 0.717) is 6.04 Å². The number of hydrogen-bond donors (Lipinski definition) is 1. The second-order valence-corrected chi connectivity index (χ2v) is 5.66. The summed E-state index contributed by atoms with van der Waals surface area (Å²) in [6.07, 6.45) is 4.58. The summed E-state index contributed by atoms with van der Waals surface area (Å²) in [6, 6.07) is 0.595. The second-order valence-electron chi connectivity index (χ2n) is 5.66. The molecule has 0 aromatic carbocycles. The Hall–Kier alpha value is -0.770. The van der Waals surface area contributed by atoms with Crippen LogP contribution in [0.1, 0.15) is 52.9 Å². The van der Waals surface area contributed by atoms with Crippen molar-refractivity contribution in [3.63, 3.8) is 0 Å². The highest BCUT2D eigenvalue weighted by Crippen LogP contribution is 2.23. The quantitative estimate of drug-likeness (QED) is 0.827. The van der Waals surface area contributed by atoms with E-state index in [1.807, 2.05) is 27.8 Å². The molecule has 2 N–H and O–H groups in total. The molecule has 100 valence electrons. The highest BCUT2D eigenvalue weighted by Gasteiger charge is 2.29. The van der Waals surface area contributed by atoms with Crippen molar-refractivity contribution >= 4 is 6.09 Å². The molecule has 1 fully saturated rings. The van der Waals surface area contributed by atoms with Crippen molar-refractivity contribution in [1.29, 1.82) is 0 Å². The zero-order valence-electron chi connectivity index (χ0n) is 11.5. The highest BCUT2D eigenvalue weighted by molar-refractivity contribution is 5.68. The third-order valence-electron chi connectivity index (χ3n) is 3.79. The van der Waals surface area contributed by atoms with Gasteiger partial charge in [-0.05, 0) is 46.0 Å². The first kappa shape index (κ1) is 14.3. The predicted molar refractivity (Wildman–Crippen MR) is 68.8 cm³/mol. The molecule has 0 aromatic heterocycles. The van der Waals surface area contributed by atoms with Crippen molar-refractivity contribution in [2.45, 2.75) is 70.6 Å². The lowest BCUT2D eigenvalue weighted by Crippen LogP contribution is -2.44. The molecular formula is C13H26N2O2. The molecule has 0 aliphatic heterocycles. The molecule has 0 spiro atoms. The van der Waals surface area contributed by atoms with Crippen LogP contribution in [0.25, 0.3) is 0 Å². The molecule has 1 saturated carbocycles. The molecule has 1 aliphatic carbocycles. The second kappa shape index (κ2) is 5.71. The fourth-order valence-corrected chi connectivity index (χ4v) is 2.02. The predicted octanol–water partition coefficient (Wildman–Crippen LogP) is 2.51. The number of amides is 1. The third-order valence-corrected chi connectivity index (χ3v) is 3.79. The summed E-state index contributed by atoms with van der Waals surface area (Å²) in [4.78, 5) is 13.7. The van der Waals surface area contributed by atoms with Crippen LogP contribution in [-0.2, 0) is 4.74 Å². The van der Waals surface area contributed by atoms with Crippen molar-refractivity contribution in [1.82, 2.24) is 4.90 Å². The van der Waals surface area contributed by atoms with E-state index in [1.54, 1.807) is 4.90 Å². The minimum atomic E-state index is -0.379. The first-order valence-electron chi connectivity index (χ1n) is 6.57. The van der Waals surface area contributed by atoms with Gasteiger partial charge in [0, 0.05) is 19.1 Å². The Labute approximate surface area is 104 Å². The van der Waals surface area contributed by atoms with Crippen LogP contribution in [0.5, 0.6) is 0 Å². The van der Waals surface area contributed by atoms with E-state index < -0.39 is 0 Å². The van der Waals surface area contributed by atoms with Crippen LogP contribution < -0.4 is 5.73 Å². The van der Waals surface area contributed by atoms with Crippen molar-refractivity contribution in [3.8, 4) is 0 Å². The Morgan fingerprint density at radius 2 is 1.88 bits per heavy atom. The van der Waals surface area contributed by atoms with Crippen LogP contribution in [-0.4, -0.2) is 35.7 Å². The minimum absolute atomic E-state index is 0.211. The molecule has 0 bridgehead atoms. The monoisotopic (exact) mass is 242 g/mol. The topological polar surface area (TPSA) is 55.6 Å². The van der Waals surface area contributed by atoms with Gasteiger partial charge in [-0.25, -0.2) is 4.79 Å². The van der Waals surface area contributed by atoms with Gasteiger partial charge in [0.15, 0.2) is 0 Å². The molecule has 17 heavy (non-hydrogen) atoms. The fourth-order valence-electron chi connectivity index (χ4n) is 2.02. The lowest BCUT2D eigenvalue weighted by atomic mass is 9.91. The molecule has 0 aromatic rings. The fraction of sp³-hybridized carbons (Fsp3) is 0.923. The smallest absolute Gasteiger partial charge is 0.410 e. The van der Waals surface area contributed by atoms with E-state index in [-0.39, 0.29) is 17.7 Å². The van der Waals surface area contributed by atoms with Gasteiger partial charge in [0.25, 0.3) is 0 Å². The van der Waals surface area contributed by atoms with Crippen molar-refractivity contribution < 1.29 is 9.53 Å². The van der Waals surface area contributed by atoms with Gasteiger partial charge in [-0.2, -0.15) is 0 Å². The van der Waals surface area contributed by atoms with Gasteiger partial charge in [-0.3, -0.25) is 0 Å². The normalized spacial score (nSPS) is 25.5. The maximum Gasteiger partial charge on any atom is 0.410 e. The van der Waals surface area contributed by atoms with Crippen LogP contribution in [0.15, 0.2) is 0 Å². The number of hydrogen-bond acceptors (Lipinski definition) is 3. The lowest BCUT2D eigenvalue weighted by Gasteiger charge is -2.35. The van der Waals surface area contributed by atoms with Gasteiger partial charge < -0.3 is 15.4 Å². The number of carbonyl (C=O) groups excluding carboxylic acids is 1. The lowest BCUT2D eigenvalue weighted by molar-refractivity contribution is 0.00572. The Kier molecular flexibility index (Phi) is 4.80. The van der Waals surface area contributed by atoms with E-state index in [2.05, 4.69) is 0 Å². The molecular weight excluding hydrogens is 216 g/mol. The van der Waals surface area contributed by atoms with E-state index in [0.717, 1.165) is 32.1 Å². The Morgan fingerprint density at radius 1 is 1.35 bits per heavy atom. The first-order chi connectivity index (χ1) is 7.85. The highest BCUT2D eigenvalue weighted by atomic mass is 16.6. The van der Waals surface area contributed by atoms with Gasteiger partial charge in [0.05, 0.1) is 0 Å². The standard InChI is InChI=1S/C13H26N2O2/c1-5-13(2,3)17-12(16)15(4)11-8-6-10(14)7-9-11/h10-11H,5-9,14H2,1-4H3. The average molecular weight is 242 g/mol.